The molecule has 2 aromatic carbocycles. The summed E-state index contributed by atoms with van der Waals surface area (Å²) in [5.41, 5.74) is 0.890. The second kappa shape index (κ2) is 7.41. The van der Waals surface area contributed by atoms with Gasteiger partial charge in [0, 0.05) is 10.6 Å². The lowest BCUT2D eigenvalue weighted by Crippen LogP contribution is -2.49. The zero-order chi connectivity index (χ0) is 18.9. The van der Waals surface area contributed by atoms with Crippen LogP contribution in [-0.2, 0) is 15.1 Å². The zero-order valence-corrected chi connectivity index (χ0v) is 15.5. The highest BCUT2D eigenvalue weighted by atomic mass is 35.5. The van der Waals surface area contributed by atoms with Gasteiger partial charge in [-0.3, -0.25) is 4.74 Å². The number of carboxylic acid groups (broad SMARTS) is 1. The Kier molecular flexibility index (Phi) is 4.98. The minimum absolute atomic E-state index is 0.162. The number of hydrogen-bond acceptors (Lipinski definition) is 4. The Bertz CT molecular complexity index is 819. The summed E-state index contributed by atoms with van der Waals surface area (Å²) in [7, 11) is 0. The van der Waals surface area contributed by atoms with Crippen LogP contribution in [0.15, 0.2) is 48.5 Å². The lowest BCUT2D eigenvalue weighted by atomic mass is 9.69. The predicted molar refractivity (Wildman–Crippen MR) is 99.9 cm³/mol. The van der Waals surface area contributed by atoms with Crippen LogP contribution in [0.1, 0.15) is 43.2 Å². The molecule has 0 amide bonds. The number of benzene rings is 2. The molecule has 0 saturated heterocycles. The molecule has 1 aliphatic carbocycles. The van der Waals surface area contributed by atoms with E-state index in [1.54, 1.807) is 12.1 Å². The molecule has 6 heteroatoms. The summed E-state index contributed by atoms with van der Waals surface area (Å²) in [5.74, 6) is 0.695. The Labute approximate surface area is 162 Å². The number of ether oxygens (including phenoxy) is 3. The highest BCUT2D eigenvalue weighted by molar-refractivity contribution is 6.30. The van der Waals surface area contributed by atoms with E-state index in [0.717, 1.165) is 36.8 Å². The third-order valence-corrected chi connectivity index (χ3v) is 5.66. The summed E-state index contributed by atoms with van der Waals surface area (Å²) < 4.78 is 16.9. The normalized spacial score (nSPS) is 25.3. The van der Waals surface area contributed by atoms with Gasteiger partial charge in [0.2, 0.25) is 0 Å². The van der Waals surface area contributed by atoms with Gasteiger partial charge < -0.3 is 14.6 Å². The van der Waals surface area contributed by atoms with Gasteiger partial charge in [-0.2, -0.15) is 0 Å². The van der Waals surface area contributed by atoms with E-state index in [1.165, 1.54) is 6.42 Å². The Morgan fingerprint density at radius 3 is 2.56 bits per heavy atom. The third kappa shape index (κ3) is 3.37. The summed E-state index contributed by atoms with van der Waals surface area (Å²) in [4.78, 5) is 11.2. The van der Waals surface area contributed by atoms with Gasteiger partial charge >= 0.3 is 12.6 Å². The molecule has 0 bridgehead atoms. The Morgan fingerprint density at radius 1 is 1.11 bits per heavy atom. The number of carbonyl (C=O) groups is 1. The molecule has 5 nitrogen and oxygen atoms in total. The molecule has 1 heterocycles. The summed E-state index contributed by atoms with van der Waals surface area (Å²) in [5, 5.41) is 9.68. The molecule has 0 radical (unpaired) electrons. The highest BCUT2D eigenvalue weighted by Crippen LogP contribution is 2.53. The van der Waals surface area contributed by atoms with Crippen molar-refractivity contribution >= 4 is 17.8 Å². The fourth-order valence-electron chi connectivity index (χ4n) is 4.34. The third-order valence-electron chi connectivity index (χ3n) is 5.43. The molecule has 2 unspecified atom stereocenters. The fraction of sp³-hybridized carbons (Fsp3) is 0.381. The van der Waals surface area contributed by atoms with E-state index in [1.807, 2.05) is 36.4 Å². The van der Waals surface area contributed by atoms with E-state index in [2.05, 4.69) is 0 Å². The monoisotopic (exact) mass is 388 g/mol. The van der Waals surface area contributed by atoms with Crippen molar-refractivity contribution < 1.29 is 24.1 Å². The first-order valence-corrected chi connectivity index (χ1v) is 9.57. The van der Waals surface area contributed by atoms with E-state index < -0.39 is 18.2 Å². The maximum atomic E-state index is 11.2. The van der Waals surface area contributed by atoms with Crippen LogP contribution >= 0.6 is 11.6 Å². The van der Waals surface area contributed by atoms with Crippen molar-refractivity contribution in [1.29, 1.82) is 0 Å². The summed E-state index contributed by atoms with van der Waals surface area (Å²) >= 11 is 6.31. The van der Waals surface area contributed by atoms with Gasteiger partial charge in [0.15, 0.2) is 0 Å². The molecule has 2 atom stereocenters. The molecule has 0 spiro atoms. The van der Waals surface area contributed by atoms with Gasteiger partial charge in [0.05, 0.1) is 0 Å². The van der Waals surface area contributed by atoms with Crippen LogP contribution in [0.5, 0.6) is 5.75 Å². The lowest BCUT2D eigenvalue weighted by molar-refractivity contribution is -0.296. The first-order chi connectivity index (χ1) is 13.1. The molecule has 2 aliphatic rings. The maximum absolute atomic E-state index is 11.2. The largest absolute Gasteiger partial charge is 0.510 e. The average Bonchev–Trinajstić information content (AvgIpc) is 2.68. The van der Waals surface area contributed by atoms with Gasteiger partial charge in [-0.15, -0.1) is 0 Å². The van der Waals surface area contributed by atoms with Gasteiger partial charge in [-0.25, -0.2) is 4.79 Å². The van der Waals surface area contributed by atoms with Crippen LogP contribution in [-0.4, -0.2) is 17.7 Å². The minimum Gasteiger partial charge on any atom is -0.450 e. The van der Waals surface area contributed by atoms with Gasteiger partial charge in [0.25, 0.3) is 0 Å². The molecule has 1 saturated carbocycles. The van der Waals surface area contributed by atoms with Crippen LogP contribution in [0.25, 0.3) is 0 Å². The molecule has 0 aromatic heterocycles. The molecule has 4 rings (SSSR count). The van der Waals surface area contributed by atoms with Crippen LogP contribution < -0.4 is 4.74 Å². The standard InChI is InChI=1S/C21H21ClO5/c22-16-11-12-18-17(13-16)21(14-7-3-1-4-8-14,15-9-5-2-6-10-15)27-20(25-18)26-19(23)24/h1,3-4,7-8,11-13,15,20H,2,5-6,9-10H2,(H,23,24). The molecule has 142 valence electrons. The topological polar surface area (TPSA) is 65.0 Å². The van der Waals surface area contributed by atoms with Crippen LogP contribution in [0.3, 0.4) is 0 Å². The summed E-state index contributed by atoms with van der Waals surface area (Å²) in [6.07, 6.45) is 3.90. The van der Waals surface area contributed by atoms with Crippen LogP contribution in [0.2, 0.25) is 5.02 Å². The number of rotatable bonds is 3. The van der Waals surface area contributed by atoms with Crippen LogP contribution in [0, 0.1) is 5.92 Å². The maximum Gasteiger partial charge on any atom is 0.510 e. The smallest absolute Gasteiger partial charge is 0.450 e. The molecule has 1 aliphatic heterocycles. The van der Waals surface area contributed by atoms with Crippen molar-refractivity contribution in [2.45, 2.75) is 44.2 Å². The van der Waals surface area contributed by atoms with E-state index in [4.69, 9.17) is 30.9 Å². The Hall–Kier alpha value is -2.24. The van der Waals surface area contributed by atoms with Gasteiger partial charge in [0.1, 0.15) is 11.4 Å². The van der Waals surface area contributed by atoms with Crippen molar-refractivity contribution in [3.8, 4) is 5.75 Å². The van der Waals surface area contributed by atoms with Crippen molar-refractivity contribution in [1.82, 2.24) is 0 Å². The van der Waals surface area contributed by atoms with Crippen molar-refractivity contribution in [2.24, 2.45) is 5.92 Å². The summed E-state index contributed by atoms with van der Waals surface area (Å²) in [6, 6.07) is 15.2. The van der Waals surface area contributed by atoms with E-state index >= 15 is 0 Å². The van der Waals surface area contributed by atoms with E-state index in [9.17, 15) is 4.79 Å². The van der Waals surface area contributed by atoms with E-state index in [-0.39, 0.29) is 5.92 Å². The molecule has 27 heavy (non-hydrogen) atoms. The zero-order valence-electron chi connectivity index (χ0n) is 14.8. The molecular formula is C21H21ClO5. The average molecular weight is 389 g/mol. The minimum atomic E-state index is -1.44. The second-order valence-electron chi connectivity index (χ2n) is 6.99. The molecule has 1 N–H and O–H groups in total. The van der Waals surface area contributed by atoms with Crippen molar-refractivity contribution in [3.05, 3.63) is 64.7 Å². The first kappa shape index (κ1) is 18.1. The first-order valence-electron chi connectivity index (χ1n) is 9.19. The Balaban J connectivity index is 1.91. The second-order valence-corrected chi connectivity index (χ2v) is 7.42. The highest BCUT2D eigenvalue weighted by Gasteiger charge is 2.51. The van der Waals surface area contributed by atoms with E-state index in [0.29, 0.717) is 10.8 Å². The SMILES string of the molecule is O=C(O)OC1Oc2ccc(Cl)cc2C(c2ccccc2)(C2CCCCC2)O1. The number of fused-ring (bicyclic) bond motifs is 1. The predicted octanol–water partition coefficient (Wildman–Crippen LogP) is 5.55. The molecule has 2 aromatic rings. The van der Waals surface area contributed by atoms with Crippen LogP contribution in [0.4, 0.5) is 4.79 Å². The van der Waals surface area contributed by atoms with Crippen molar-refractivity contribution in [3.63, 3.8) is 0 Å². The van der Waals surface area contributed by atoms with Crippen molar-refractivity contribution in [2.75, 3.05) is 0 Å². The lowest BCUT2D eigenvalue weighted by Gasteiger charge is -2.47. The van der Waals surface area contributed by atoms with Gasteiger partial charge in [-0.1, -0.05) is 61.2 Å². The fourth-order valence-corrected chi connectivity index (χ4v) is 4.51. The van der Waals surface area contributed by atoms with Gasteiger partial charge in [-0.05, 0) is 42.5 Å². The summed E-state index contributed by atoms with van der Waals surface area (Å²) in [6.45, 7) is -1.33. The Morgan fingerprint density at radius 2 is 1.85 bits per heavy atom. The number of halogens is 1. The number of hydrogen-bond donors (Lipinski definition) is 1. The quantitative estimate of drug-likeness (QED) is 0.698. The molecular weight excluding hydrogens is 368 g/mol. The molecule has 1 fully saturated rings.